The first-order valence-corrected chi connectivity index (χ1v) is 7.81. The fourth-order valence-corrected chi connectivity index (χ4v) is 2.82. The van der Waals surface area contributed by atoms with E-state index in [0.717, 1.165) is 4.57 Å². The maximum absolute atomic E-state index is 12.5. The van der Waals surface area contributed by atoms with E-state index in [4.69, 9.17) is 27.9 Å². The van der Waals surface area contributed by atoms with Gasteiger partial charge in [0.05, 0.1) is 11.3 Å². The molecule has 2 heterocycles. The summed E-state index contributed by atoms with van der Waals surface area (Å²) in [6, 6.07) is 4.34. The quantitative estimate of drug-likeness (QED) is 0.503. The molecule has 0 spiro atoms. The zero-order valence-electron chi connectivity index (χ0n) is 13.2. The number of halogens is 2. The molecule has 10 heteroatoms. The van der Waals surface area contributed by atoms with Crippen LogP contribution in [0.5, 0.6) is 5.75 Å². The van der Waals surface area contributed by atoms with Gasteiger partial charge in [0.2, 0.25) is 0 Å². The number of hydrogen-bond donors (Lipinski definition) is 0. The van der Waals surface area contributed by atoms with Gasteiger partial charge in [-0.05, 0) is 18.2 Å². The predicted molar refractivity (Wildman–Crippen MR) is 92.3 cm³/mol. The number of hydrogen-bond acceptors (Lipinski definition) is 5. The molecule has 0 aliphatic heterocycles. The summed E-state index contributed by atoms with van der Waals surface area (Å²) >= 11 is 11.7. The third-order valence-corrected chi connectivity index (χ3v) is 4.14. The van der Waals surface area contributed by atoms with Crippen LogP contribution in [0.2, 0.25) is 10.0 Å². The van der Waals surface area contributed by atoms with Crippen molar-refractivity contribution in [3.63, 3.8) is 0 Å². The Labute approximate surface area is 150 Å². The average Bonchev–Trinajstić information content (AvgIpc) is 2.94. The number of imidazole rings is 1. The van der Waals surface area contributed by atoms with Gasteiger partial charge in [0, 0.05) is 19.1 Å². The van der Waals surface area contributed by atoms with E-state index in [-0.39, 0.29) is 21.9 Å². The molecule has 130 valence electrons. The van der Waals surface area contributed by atoms with Crippen molar-refractivity contribution in [3.8, 4) is 5.75 Å². The van der Waals surface area contributed by atoms with Gasteiger partial charge in [-0.15, -0.1) is 0 Å². The fourth-order valence-electron chi connectivity index (χ4n) is 2.38. The first-order chi connectivity index (χ1) is 11.8. The van der Waals surface area contributed by atoms with Crippen molar-refractivity contribution in [2.75, 3.05) is 0 Å². The topological polar surface area (TPSA) is 88.1 Å². The average molecular weight is 383 g/mol. The molecule has 0 bridgehead atoms. The standard InChI is InChI=1S/C15H12Cl2N4O4/c1-19-7-18-13-12(19)14(23)21(15(24)20(13)2)6-11(22)25-10-4-3-8(16)5-9(10)17/h3-5,7H,6H2,1-2H3. The summed E-state index contributed by atoms with van der Waals surface area (Å²) in [6.07, 6.45) is 1.42. The first-order valence-electron chi connectivity index (χ1n) is 7.06. The van der Waals surface area contributed by atoms with Crippen LogP contribution in [0.4, 0.5) is 0 Å². The molecule has 0 fully saturated rings. The van der Waals surface area contributed by atoms with E-state index >= 15 is 0 Å². The summed E-state index contributed by atoms with van der Waals surface area (Å²) in [4.78, 5) is 41.0. The van der Waals surface area contributed by atoms with Gasteiger partial charge in [-0.1, -0.05) is 23.2 Å². The van der Waals surface area contributed by atoms with Gasteiger partial charge in [-0.3, -0.25) is 9.36 Å². The number of nitrogens with zero attached hydrogens (tertiary/aromatic N) is 4. The normalized spacial score (nSPS) is 11.0. The maximum Gasteiger partial charge on any atom is 0.333 e. The number of esters is 1. The molecule has 0 unspecified atom stereocenters. The van der Waals surface area contributed by atoms with Gasteiger partial charge in [0.15, 0.2) is 11.2 Å². The molecule has 0 atom stereocenters. The fraction of sp³-hybridized carbons (Fsp3) is 0.200. The second-order valence-electron chi connectivity index (χ2n) is 5.31. The van der Waals surface area contributed by atoms with Crippen molar-refractivity contribution in [3.05, 3.63) is 55.4 Å². The smallest absolute Gasteiger partial charge is 0.333 e. The minimum absolute atomic E-state index is 0.0857. The van der Waals surface area contributed by atoms with Crippen molar-refractivity contribution in [1.82, 2.24) is 18.7 Å². The third-order valence-electron chi connectivity index (χ3n) is 3.61. The molecule has 0 N–H and O–H groups in total. The van der Waals surface area contributed by atoms with E-state index in [1.807, 2.05) is 0 Å². The number of ether oxygens (including phenoxy) is 1. The Kier molecular flexibility index (Phi) is 4.40. The summed E-state index contributed by atoms with van der Waals surface area (Å²) < 4.78 is 8.58. The van der Waals surface area contributed by atoms with Crippen LogP contribution < -0.4 is 16.0 Å². The Bertz CT molecular complexity index is 1110. The lowest BCUT2D eigenvalue weighted by molar-refractivity contribution is -0.135. The van der Waals surface area contributed by atoms with Crippen molar-refractivity contribution in [2.45, 2.75) is 6.54 Å². The highest BCUT2D eigenvalue weighted by atomic mass is 35.5. The van der Waals surface area contributed by atoms with Crippen LogP contribution in [0.25, 0.3) is 11.2 Å². The number of carbonyl (C=O) groups excluding carboxylic acids is 1. The Balaban J connectivity index is 1.98. The molecule has 0 aliphatic carbocycles. The molecule has 0 amide bonds. The van der Waals surface area contributed by atoms with Crippen LogP contribution in [0.15, 0.2) is 34.1 Å². The van der Waals surface area contributed by atoms with Crippen molar-refractivity contribution in [1.29, 1.82) is 0 Å². The molecular weight excluding hydrogens is 371 g/mol. The maximum atomic E-state index is 12.5. The summed E-state index contributed by atoms with van der Waals surface area (Å²) in [6.45, 7) is -0.564. The van der Waals surface area contributed by atoms with Crippen molar-refractivity contribution in [2.24, 2.45) is 14.1 Å². The first kappa shape index (κ1) is 17.2. The van der Waals surface area contributed by atoms with E-state index in [2.05, 4.69) is 4.98 Å². The minimum atomic E-state index is -0.815. The summed E-state index contributed by atoms with van der Waals surface area (Å²) in [7, 11) is 3.09. The number of benzene rings is 1. The van der Waals surface area contributed by atoms with E-state index in [1.54, 1.807) is 7.05 Å². The molecule has 2 aromatic heterocycles. The highest BCUT2D eigenvalue weighted by molar-refractivity contribution is 6.35. The van der Waals surface area contributed by atoms with Crippen LogP contribution in [0, 0.1) is 0 Å². The Hall–Kier alpha value is -2.58. The highest BCUT2D eigenvalue weighted by Crippen LogP contribution is 2.27. The van der Waals surface area contributed by atoms with Gasteiger partial charge >= 0.3 is 11.7 Å². The molecule has 0 saturated carbocycles. The number of aromatic nitrogens is 4. The lowest BCUT2D eigenvalue weighted by Gasteiger charge is -2.09. The van der Waals surface area contributed by atoms with Crippen LogP contribution in [-0.2, 0) is 25.4 Å². The number of rotatable bonds is 3. The molecule has 0 saturated heterocycles. The largest absolute Gasteiger partial charge is 0.424 e. The van der Waals surface area contributed by atoms with Crippen molar-refractivity contribution < 1.29 is 9.53 Å². The van der Waals surface area contributed by atoms with E-state index < -0.39 is 23.8 Å². The van der Waals surface area contributed by atoms with Gasteiger partial charge < -0.3 is 9.30 Å². The molecule has 8 nitrogen and oxygen atoms in total. The Morgan fingerprint density at radius 3 is 2.64 bits per heavy atom. The van der Waals surface area contributed by atoms with Crippen LogP contribution >= 0.6 is 23.2 Å². The Morgan fingerprint density at radius 2 is 1.96 bits per heavy atom. The third kappa shape index (κ3) is 3.06. The van der Waals surface area contributed by atoms with Gasteiger partial charge in [-0.2, -0.15) is 0 Å². The molecule has 0 aliphatic rings. The summed E-state index contributed by atoms with van der Waals surface area (Å²) in [5, 5.41) is 0.528. The summed E-state index contributed by atoms with van der Waals surface area (Å²) in [5.74, 6) is -0.729. The summed E-state index contributed by atoms with van der Waals surface area (Å²) in [5.41, 5.74) is -0.852. The zero-order chi connectivity index (χ0) is 18.3. The van der Waals surface area contributed by atoms with Gasteiger partial charge in [0.25, 0.3) is 5.56 Å². The SMILES string of the molecule is Cn1cnc2c1c(=O)n(CC(=O)Oc1ccc(Cl)cc1Cl)c(=O)n2C. The van der Waals surface area contributed by atoms with Crippen molar-refractivity contribution >= 4 is 40.3 Å². The molecular formula is C15H12Cl2N4O4. The molecule has 3 aromatic rings. The molecule has 0 radical (unpaired) electrons. The Morgan fingerprint density at radius 1 is 1.24 bits per heavy atom. The second kappa shape index (κ2) is 6.38. The lowest BCUT2D eigenvalue weighted by Crippen LogP contribution is -2.42. The predicted octanol–water partition coefficient (Wildman–Crippen LogP) is 1.35. The van der Waals surface area contributed by atoms with Crippen LogP contribution in [-0.4, -0.2) is 24.7 Å². The molecule has 3 rings (SSSR count). The van der Waals surface area contributed by atoms with Crippen LogP contribution in [0.3, 0.4) is 0 Å². The van der Waals surface area contributed by atoms with Gasteiger partial charge in [-0.25, -0.2) is 19.1 Å². The van der Waals surface area contributed by atoms with Gasteiger partial charge in [0.1, 0.15) is 12.3 Å². The molecule has 25 heavy (non-hydrogen) atoms. The van der Waals surface area contributed by atoms with E-state index in [0.29, 0.717) is 5.02 Å². The monoisotopic (exact) mass is 382 g/mol. The number of fused-ring (bicyclic) bond motifs is 1. The minimum Gasteiger partial charge on any atom is -0.424 e. The zero-order valence-corrected chi connectivity index (χ0v) is 14.7. The number of aryl methyl sites for hydroxylation is 2. The van der Waals surface area contributed by atoms with E-state index in [1.165, 1.54) is 40.7 Å². The molecule has 1 aromatic carbocycles. The van der Waals surface area contributed by atoms with Crippen LogP contribution in [0.1, 0.15) is 0 Å². The lowest BCUT2D eigenvalue weighted by atomic mass is 10.3. The highest BCUT2D eigenvalue weighted by Gasteiger charge is 2.18. The number of carbonyl (C=O) groups is 1. The second-order valence-corrected chi connectivity index (χ2v) is 6.15. The van der Waals surface area contributed by atoms with E-state index in [9.17, 15) is 14.4 Å².